The van der Waals surface area contributed by atoms with Gasteiger partial charge in [0.05, 0.1) is 0 Å². The lowest BCUT2D eigenvalue weighted by Gasteiger charge is -2.18. The molecule has 138 valence electrons. The Hall–Kier alpha value is -2.26. The van der Waals surface area contributed by atoms with E-state index in [9.17, 15) is 14.4 Å². The Kier molecular flexibility index (Phi) is 9.41. The predicted molar refractivity (Wildman–Crippen MR) is 94.9 cm³/mol. The van der Waals surface area contributed by atoms with Gasteiger partial charge in [-0.15, -0.1) is 11.8 Å². The van der Waals surface area contributed by atoms with E-state index in [-0.39, 0.29) is 6.61 Å². The third-order valence-electron chi connectivity index (χ3n) is 3.07. The minimum Gasteiger partial charge on any atom is -0.479 e. The number of carbonyl (C=O) groups is 3. The summed E-state index contributed by atoms with van der Waals surface area (Å²) in [5.74, 6) is -1.26. The Morgan fingerprint density at radius 1 is 1.24 bits per heavy atom. The fraction of sp³-hybridized carbons (Fsp3) is 0.438. The molecule has 2 atom stereocenters. The van der Waals surface area contributed by atoms with Crippen molar-refractivity contribution in [1.82, 2.24) is 10.6 Å². The molecule has 5 N–H and O–H groups in total. The van der Waals surface area contributed by atoms with Crippen LogP contribution in [0, 0.1) is 0 Å². The maximum atomic E-state index is 12.0. The fourth-order valence-electron chi connectivity index (χ4n) is 1.72. The molecule has 0 aromatic heterocycles. The lowest BCUT2D eigenvalue weighted by molar-refractivity contribution is -0.139. The quantitative estimate of drug-likeness (QED) is 0.356. The molecule has 0 spiro atoms. The summed E-state index contributed by atoms with van der Waals surface area (Å²) < 4.78 is 5.02. The molecule has 2 amide bonds. The van der Waals surface area contributed by atoms with E-state index in [4.69, 9.17) is 15.6 Å². The van der Waals surface area contributed by atoms with E-state index in [0.717, 1.165) is 17.3 Å². The summed E-state index contributed by atoms with van der Waals surface area (Å²) in [6, 6.07) is 8.17. The summed E-state index contributed by atoms with van der Waals surface area (Å²) in [6.07, 6.45) is -0.113. The molecule has 0 radical (unpaired) electrons. The van der Waals surface area contributed by atoms with Crippen LogP contribution in [0.4, 0.5) is 4.79 Å². The molecule has 0 heterocycles. The van der Waals surface area contributed by atoms with Gasteiger partial charge in [0, 0.05) is 0 Å². The number of ether oxygens (including phenoxy) is 1. The van der Waals surface area contributed by atoms with Crippen LogP contribution >= 0.6 is 11.8 Å². The number of hydrogen-bond donors (Lipinski definition) is 4. The smallest absolute Gasteiger partial charge is 0.408 e. The molecule has 1 rings (SSSR count). The first kappa shape index (κ1) is 20.8. The second-order valence-corrected chi connectivity index (χ2v) is 6.38. The number of benzene rings is 1. The fourth-order valence-corrected chi connectivity index (χ4v) is 2.63. The molecule has 0 fully saturated rings. The minimum atomic E-state index is -1.16. The van der Waals surface area contributed by atoms with Crippen LogP contribution in [0.2, 0.25) is 0 Å². The van der Waals surface area contributed by atoms with Crippen LogP contribution in [-0.2, 0) is 20.9 Å². The zero-order valence-electron chi connectivity index (χ0n) is 13.9. The highest BCUT2D eigenvalue weighted by molar-refractivity contribution is 8.00. The number of nitrogens with two attached hydrogens (primary N) is 1. The molecule has 1 aromatic carbocycles. The largest absolute Gasteiger partial charge is 0.479 e. The number of rotatable bonds is 10. The first-order valence-corrected chi connectivity index (χ1v) is 8.81. The highest BCUT2D eigenvalue weighted by atomic mass is 32.2. The highest BCUT2D eigenvalue weighted by Crippen LogP contribution is 2.10. The Morgan fingerprint density at radius 2 is 1.92 bits per heavy atom. The first-order valence-electron chi connectivity index (χ1n) is 7.76. The van der Waals surface area contributed by atoms with Gasteiger partial charge < -0.3 is 26.2 Å². The van der Waals surface area contributed by atoms with Gasteiger partial charge in [-0.1, -0.05) is 30.3 Å². The normalized spacial score (nSPS) is 12.7. The number of nitrogens with one attached hydrogen (secondary N) is 2. The Labute approximate surface area is 150 Å². The standard InChI is InChI=1S/C16H23N3O5S/c1-11(13(20)19-14(15(21)22)25-9-5-8-17)18-16(23)24-10-12-6-3-2-4-7-12/h2-4,6-7,11,14H,5,8-10,17H2,1H3,(H,18,23)(H,19,20)(H,21,22)/t11-,14?/m0/s1. The molecule has 1 unspecified atom stereocenters. The van der Waals surface area contributed by atoms with Gasteiger partial charge >= 0.3 is 12.1 Å². The second-order valence-electron chi connectivity index (χ2n) is 5.17. The SMILES string of the molecule is C[C@H](NC(=O)OCc1ccccc1)C(=O)NC(SCCCN)C(=O)O. The van der Waals surface area contributed by atoms with Crippen LogP contribution in [0.3, 0.4) is 0 Å². The molecule has 0 bridgehead atoms. The number of carboxylic acid groups (broad SMARTS) is 1. The van der Waals surface area contributed by atoms with Crippen molar-refractivity contribution in [3.8, 4) is 0 Å². The number of carboxylic acids is 1. The van der Waals surface area contributed by atoms with Gasteiger partial charge in [-0.05, 0) is 31.2 Å². The number of amides is 2. The van der Waals surface area contributed by atoms with Crippen molar-refractivity contribution in [2.75, 3.05) is 12.3 Å². The van der Waals surface area contributed by atoms with Crippen molar-refractivity contribution in [2.24, 2.45) is 5.73 Å². The van der Waals surface area contributed by atoms with Gasteiger partial charge in [0.1, 0.15) is 12.6 Å². The molecule has 0 saturated heterocycles. The third kappa shape index (κ3) is 8.41. The summed E-state index contributed by atoms with van der Waals surface area (Å²) in [6.45, 7) is 1.97. The van der Waals surface area contributed by atoms with Crippen molar-refractivity contribution in [3.05, 3.63) is 35.9 Å². The molecule has 0 aliphatic carbocycles. The Balaban J connectivity index is 2.40. The van der Waals surface area contributed by atoms with Crippen molar-refractivity contribution in [2.45, 2.75) is 31.4 Å². The molecular formula is C16H23N3O5S. The van der Waals surface area contributed by atoms with E-state index < -0.39 is 29.4 Å². The summed E-state index contributed by atoms with van der Waals surface area (Å²) in [4.78, 5) is 34.9. The van der Waals surface area contributed by atoms with E-state index >= 15 is 0 Å². The maximum absolute atomic E-state index is 12.0. The third-order valence-corrected chi connectivity index (χ3v) is 4.25. The van der Waals surface area contributed by atoms with Crippen molar-refractivity contribution in [3.63, 3.8) is 0 Å². The number of alkyl carbamates (subject to hydrolysis) is 1. The minimum absolute atomic E-state index is 0.0771. The van der Waals surface area contributed by atoms with Crippen LogP contribution in [0.1, 0.15) is 18.9 Å². The zero-order valence-corrected chi connectivity index (χ0v) is 14.8. The van der Waals surface area contributed by atoms with Crippen molar-refractivity contribution >= 4 is 29.7 Å². The van der Waals surface area contributed by atoms with Gasteiger partial charge in [-0.2, -0.15) is 0 Å². The Bertz CT molecular complexity index is 570. The predicted octanol–water partition coefficient (Wildman–Crippen LogP) is 0.910. The Morgan fingerprint density at radius 3 is 2.52 bits per heavy atom. The average Bonchev–Trinajstić information content (AvgIpc) is 2.59. The number of aliphatic carboxylic acids is 1. The van der Waals surface area contributed by atoms with E-state index in [0.29, 0.717) is 18.7 Å². The summed E-state index contributed by atoms with van der Waals surface area (Å²) in [5.41, 5.74) is 6.17. The summed E-state index contributed by atoms with van der Waals surface area (Å²) in [7, 11) is 0. The number of carbonyl (C=O) groups excluding carboxylic acids is 2. The number of hydrogen-bond acceptors (Lipinski definition) is 6. The molecule has 25 heavy (non-hydrogen) atoms. The summed E-state index contributed by atoms with van der Waals surface area (Å²) >= 11 is 1.07. The molecule has 0 saturated carbocycles. The van der Waals surface area contributed by atoms with Crippen LogP contribution in [0.15, 0.2) is 30.3 Å². The zero-order chi connectivity index (χ0) is 18.7. The first-order chi connectivity index (χ1) is 11.9. The molecule has 9 heteroatoms. The van der Waals surface area contributed by atoms with E-state index in [1.54, 1.807) is 12.1 Å². The molecule has 1 aromatic rings. The van der Waals surface area contributed by atoms with Crippen LogP contribution < -0.4 is 16.4 Å². The van der Waals surface area contributed by atoms with E-state index in [2.05, 4.69) is 10.6 Å². The van der Waals surface area contributed by atoms with Gasteiger partial charge in [-0.3, -0.25) is 4.79 Å². The second kappa shape index (κ2) is 11.3. The van der Waals surface area contributed by atoms with Crippen molar-refractivity contribution in [1.29, 1.82) is 0 Å². The molecule has 8 nitrogen and oxygen atoms in total. The average molecular weight is 369 g/mol. The topological polar surface area (TPSA) is 131 Å². The maximum Gasteiger partial charge on any atom is 0.408 e. The van der Waals surface area contributed by atoms with Crippen LogP contribution in [0.5, 0.6) is 0 Å². The molecular weight excluding hydrogens is 346 g/mol. The van der Waals surface area contributed by atoms with Gasteiger partial charge in [0.15, 0.2) is 5.37 Å². The van der Waals surface area contributed by atoms with Crippen LogP contribution in [0.25, 0.3) is 0 Å². The van der Waals surface area contributed by atoms with Gasteiger partial charge in [0.25, 0.3) is 0 Å². The molecule has 0 aliphatic heterocycles. The van der Waals surface area contributed by atoms with Gasteiger partial charge in [0.2, 0.25) is 5.91 Å². The molecule has 0 aliphatic rings. The van der Waals surface area contributed by atoms with E-state index in [1.807, 2.05) is 18.2 Å². The summed E-state index contributed by atoms with van der Waals surface area (Å²) in [5, 5.41) is 12.8. The van der Waals surface area contributed by atoms with Crippen molar-refractivity contribution < 1.29 is 24.2 Å². The number of thioether (sulfide) groups is 1. The van der Waals surface area contributed by atoms with Crippen LogP contribution in [-0.4, -0.2) is 46.8 Å². The highest BCUT2D eigenvalue weighted by Gasteiger charge is 2.24. The lowest BCUT2D eigenvalue weighted by atomic mass is 10.2. The monoisotopic (exact) mass is 369 g/mol. The van der Waals surface area contributed by atoms with E-state index in [1.165, 1.54) is 6.92 Å². The van der Waals surface area contributed by atoms with Gasteiger partial charge in [-0.25, -0.2) is 9.59 Å². The lowest BCUT2D eigenvalue weighted by Crippen LogP contribution is -2.49.